The van der Waals surface area contributed by atoms with Gasteiger partial charge in [0.1, 0.15) is 29.4 Å². The van der Waals surface area contributed by atoms with E-state index in [0.29, 0.717) is 23.7 Å². The van der Waals surface area contributed by atoms with Gasteiger partial charge in [-0.2, -0.15) is 0 Å². The number of rotatable bonds is 8. The first kappa shape index (κ1) is 21.1. The molecule has 0 aliphatic rings. The zero-order valence-electron chi connectivity index (χ0n) is 17.9. The van der Waals surface area contributed by atoms with Crippen LogP contribution >= 0.6 is 0 Å². The van der Waals surface area contributed by atoms with E-state index in [4.69, 9.17) is 14.2 Å². The number of carbonyl (C=O) groups is 1. The van der Waals surface area contributed by atoms with Crippen LogP contribution in [0, 0.1) is 0 Å². The third kappa shape index (κ3) is 4.78. The first-order valence-electron chi connectivity index (χ1n) is 10.2. The van der Waals surface area contributed by atoms with Crippen LogP contribution in [0.25, 0.3) is 17.0 Å². The Morgan fingerprint density at radius 2 is 1.72 bits per heavy atom. The van der Waals surface area contributed by atoms with E-state index in [1.807, 2.05) is 48.5 Å². The van der Waals surface area contributed by atoms with Crippen molar-refractivity contribution in [2.24, 2.45) is 0 Å². The number of hydrogen-bond acceptors (Lipinski definition) is 5. The highest BCUT2D eigenvalue weighted by atomic mass is 16.5. The number of allylic oxidation sites excluding steroid dienone is 1. The van der Waals surface area contributed by atoms with Crippen LogP contribution in [-0.2, 0) is 6.61 Å². The van der Waals surface area contributed by atoms with Crippen LogP contribution in [0.15, 0.2) is 85.1 Å². The van der Waals surface area contributed by atoms with Crippen molar-refractivity contribution in [3.05, 3.63) is 102 Å². The maximum absolute atomic E-state index is 12.5. The Hall–Kier alpha value is -4.12. The number of para-hydroxylation sites is 1. The molecule has 0 unspecified atom stereocenters. The number of hydrogen-bond donors (Lipinski definition) is 0. The number of fused-ring (bicyclic) bond motifs is 1. The van der Waals surface area contributed by atoms with E-state index in [9.17, 15) is 4.79 Å². The third-order valence-corrected chi connectivity index (χ3v) is 5.09. The number of pyridine rings is 1. The van der Waals surface area contributed by atoms with E-state index in [1.54, 1.807) is 56.8 Å². The van der Waals surface area contributed by atoms with Crippen LogP contribution in [0.4, 0.5) is 0 Å². The van der Waals surface area contributed by atoms with Gasteiger partial charge in [0, 0.05) is 22.7 Å². The van der Waals surface area contributed by atoms with E-state index in [2.05, 4.69) is 4.98 Å². The summed E-state index contributed by atoms with van der Waals surface area (Å²) in [7, 11) is 3.22. The minimum Gasteiger partial charge on any atom is -0.497 e. The molecule has 0 amide bonds. The van der Waals surface area contributed by atoms with Gasteiger partial charge in [-0.15, -0.1) is 0 Å². The molecule has 0 saturated carbocycles. The summed E-state index contributed by atoms with van der Waals surface area (Å²) in [6.45, 7) is 0.312. The summed E-state index contributed by atoms with van der Waals surface area (Å²) in [6, 6.07) is 22.5. The Kier molecular flexibility index (Phi) is 6.46. The summed E-state index contributed by atoms with van der Waals surface area (Å²) >= 11 is 0. The standard InChI is InChI=1S/C27H23NO4/c1-30-23-12-10-20(11-13-23)24(29)14-8-19-9-15-25(31-2)22(17-19)18-32-26-7-3-5-21-6-4-16-28-27(21)26/h3-17H,18H2,1-2H3/b14-8+. The van der Waals surface area contributed by atoms with Gasteiger partial charge >= 0.3 is 0 Å². The molecule has 0 bridgehead atoms. The molecule has 0 N–H and O–H groups in total. The van der Waals surface area contributed by atoms with Gasteiger partial charge in [-0.05, 0) is 60.2 Å². The Balaban J connectivity index is 1.51. The van der Waals surface area contributed by atoms with Crippen molar-refractivity contribution in [2.45, 2.75) is 6.61 Å². The van der Waals surface area contributed by atoms with Crippen LogP contribution in [0.1, 0.15) is 21.5 Å². The lowest BCUT2D eigenvalue weighted by Gasteiger charge is -2.12. The molecule has 0 aliphatic heterocycles. The molecule has 1 aromatic heterocycles. The summed E-state index contributed by atoms with van der Waals surface area (Å²) in [5.74, 6) is 2.06. The number of ether oxygens (including phenoxy) is 3. The smallest absolute Gasteiger partial charge is 0.185 e. The van der Waals surface area contributed by atoms with Crippen LogP contribution in [0.2, 0.25) is 0 Å². The molecule has 0 spiro atoms. The largest absolute Gasteiger partial charge is 0.497 e. The monoisotopic (exact) mass is 425 g/mol. The highest BCUT2D eigenvalue weighted by Crippen LogP contribution is 2.27. The number of carbonyl (C=O) groups excluding carboxylic acids is 1. The molecule has 32 heavy (non-hydrogen) atoms. The average Bonchev–Trinajstić information content (AvgIpc) is 2.86. The van der Waals surface area contributed by atoms with Gasteiger partial charge in [-0.3, -0.25) is 9.78 Å². The molecule has 4 aromatic rings. The summed E-state index contributed by atoms with van der Waals surface area (Å²) in [5, 5.41) is 1.02. The first-order chi connectivity index (χ1) is 15.7. The Bertz CT molecular complexity index is 1260. The predicted molar refractivity (Wildman–Crippen MR) is 125 cm³/mol. The predicted octanol–water partition coefficient (Wildman–Crippen LogP) is 5.73. The fraction of sp³-hybridized carbons (Fsp3) is 0.111. The Labute approximate surface area is 186 Å². The first-order valence-corrected chi connectivity index (χ1v) is 10.2. The van der Waals surface area contributed by atoms with E-state index in [-0.39, 0.29) is 5.78 Å². The molecule has 3 aromatic carbocycles. The molecule has 0 aliphatic carbocycles. The molecule has 0 atom stereocenters. The maximum Gasteiger partial charge on any atom is 0.185 e. The Morgan fingerprint density at radius 3 is 2.50 bits per heavy atom. The number of nitrogens with zero attached hydrogens (tertiary/aromatic N) is 1. The second kappa shape index (κ2) is 9.79. The lowest BCUT2D eigenvalue weighted by Crippen LogP contribution is -2.00. The van der Waals surface area contributed by atoms with Gasteiger partial charge in [-0.25, -0.2) is 0 Å². The van der Waals surface area contributed by atoms with Gasteiger partial charge in [0.25, 0.3) is 0 Å². The summed E-state index contributed by atoms with van der Waals surface area (Å²) in [4.78, 5) is 16.9. The SMILES string of the molecule is COc1ccc(C(=O)/C=C/c2ccc(OC)c(COc3cccc4cccnc34)c2)cc1. The fourth-order valence-electron chi connectivity index (χ4n) is 3.39. The van der Waals surface area contributed by atoms with Crippen LogP contribution in [-0.4, -0.2) is 25.0 Å². The summed E-state index contributed by atoms with van der Waals surface area (Å²) in [5.41, 5.74) is 3.17. The molecular weight excluding hydrogens is 402 g/mol. The molecule has 1 heterocycles. The number of ketones is 1. The van der Waals surface area contributed by atoms with Crippen LogP contribution in [0.3, 0.4) is 0 Å². The summed E-state index contributed by atoms with van der Waals surface area (Å²) < 4.78 is 16.7. The van der Waals surface area contributed by atoms with Gasteiger partial charge < -0.3 is 14.2 Å². The topological polar surface area (TPSA) is 57.7 Å². The molecule has 0 saturated heterocycles. The minimum absolute atomic E-state index is 0.0805. The molecule has 160 valence electrons. The van der Waals surface area contributed by atoms with Gasteiger partial charge in [0.05, 0.1) is 14.2 Å². The van der Waals surface area contributed by atoms with E-state index >= 15 is 0 Å². The van der Waals surface area contributed by atoms with Crippen LogP contribution in [0.5, 0.6) is 17.2 Å². The molecule has 0 fully saturated rings. The van der Waals surface area contributed by atoms with E-state index in [1.165, 1.54) is 0 Å². The second-order valence-corrected chi connectivity index (χ2v) is 7.12. The number of benzene rings is 3. The highest BCUT2D eigenvalue weighted by Gasteiger charge is 2.08. The van der Waals surface area contributed by atoms with Gasteiger partial charge in [0.15, 0.2) is 5.78 Å². The normalized spacial score (nSPS) is 10.9. The maximum atomic E-state index is 12.5. The second-order valence-electron chi connectivity index (χ2n) is 7.12. The van der Waals surface area contributed by atoms with Crippen molar-refractivity contribution in [1.29, 1.82) is 0 Å². The van der Waals surface area contributed by atoms with Gasteiger partial charge in [0.2, 0.25) is 0 Å². The van der Waals surface area contributed by atoms with Crippen molar-refractivity contribution < 1.29 is 19.0 Å². The van der Waals surface area contributed by atoms with E-state index < -0.39 is 0 Å². The quantitative estimate of drug-likeness (QED) is 0.267. The molecule has 0 radical (unpaired) electrons. The van der Waals surface area contributed by atoms with E-state index in [0.717, 1.165) is 27.8 Å². The molecular formula is C27H23NO4. The minimum atomic E-state index is -0.0805. The van der Waals surface area contributed by atoms with Crippen molar-refractivity contribution in [1.82, 2.24) is 4.98 Å². The third-order valence-electron chi connectivity index (χ3n) is 5.09. The lowest BCUT2D eigenvalue weighted by atomic mass is 10.1. The summed E-state index contributed by atoms with van der Waals surface area (Å²) in [6.07, 6.45) is 5.10. The zero-order chi connectivity index (χ0) is 22.3. The zero-order valence-corrected chi connectivity index (χ0v) is 17.9. The molecule has 4 rings (SSSR count). The molecule has 5 heteroatoms. The number of aromatic nitrogens is 1. The highest BCUT2D eigenvalue weighted by molar-refractivity contribution is 6.06. The van der Waals surface area contributed by atoms with Crippen molar-refractivity contribution >= 4 is 22.8 Å². The average molecular weight is 425 g/mol. The molecule has 5 nitrogen and oxygen atoms in total. The van der Waals surface area contributed by atoms with Gasteiger partial charge in [-0.1, -0.05) is 30.3 Å². The Morgan fingerprint density at radius 1 is 0.906 bits per heavy atom. The van der Waals surface area contributed by atoms with Crippen LogP contribution < -0.4 is 14.2 Å². The lowest BCUT2D eigenvalue weighted by molar-refractivity contribution is 0.104. The fourth-order valence-corrected chi connectivity index (χ4v) is 3.39. The van der Waals surface area contributed by atoms with Crippen molar-refractivity contribution in [2.75, 3.05) is 14.2 Å². The van der Waals surface area contributed by atoms with Crippen molar-refractivity contribution in [3.8, 4) is 17.2 Å². The van der Waals surface area contributed by atoms with Crippen molar-refractivity contribution in [3.63, 3.8) is 0 Å². The number of methoxy groups -OCH3 is 2.